The second-order valence-electron chi connectivity index (χ2n) is 11.6. The predicted molar refractivity (Wildman–Crippen MR) is 146 cm³/mol. The van der Waals surface area contributed by atoms with Gasteiger partial charge in [-0.2, -0.15) is 0 Å². The van der Waals surface area contributed by atoms with E-state index < -0.39 is 0 Å². The lowest BCUT2D eigenvalue weighted by Crippen LogP contribution is -2.20. The van der Waals surface area contributed by atoms with E-state index >= 15 is 0 Å². The maximum atomic E-state index is 5.48. The standard InChI is InChI=1S/C31H58O/c1-26(2)16-12-19-27(3)17-10-11-18-28(4)20-13-21-29(5)22-14-23-30(6)24-15-25-31(7,8)32-9/h10-11,13,15,20,24,26-30H,12,14,16-19,21-23,25H2,1-9H3/b11-10+,20-13+,24-15+/t27-,28-,29-,30+/m0/s1. The molecule has 0 aliphatic carbocycles. The van der Waals surface area contributed by atoms with Crippen molar-refractivity contribution in [1.29, 1.82) is 0 Å². The molecule has 0 amide bonds. The van der Waals surface area contributed by atoms with Gasteiger partial charge in [0.25, 0.3) is 0 Å². The third-order valence-electron chi connectivity index (χ3n) is 6.68. The molecule has 0 spiro atoms. The summed E-state index contributed by atoms with van der Waals surface area (Å²) in [7, 11) is 1.79. The molecule has 0 radical (unpaired) electrons. The molecule has 1 heteroatoms. The van der Waals surface area contributed by atoms with Gasteiger partial charge in [-0.1, -0.05) is 110 Å². The van der Waals surface area contributed by atoms with Crippen LogP contribution in [0.5, 0.6) is 0 Å². The number of allylic oxidation sites excluding steroid dienone is 5. The number of ether oxygens (including phenoxy) is 1. The quantitative estimate of drug-likeness (QED) is 0.179. The number of methoxy groups -OCH3 is 1. The Bertz CT molecular complexity index is 511. The van der Waals surface area contributed by atoms with Crippen LogP contribution in [0.2, 0.25) is 0 Å². The van der Waals surface area contributed by atoms with Crippen LogP contribution in [0.3, 0.4) is 0 Å². The fraction of sp³-hybridized carbons (Fsp3) is 0.806. The first kappa shape index (κ1) is 31.2. The molecule has 0 aromatic carbocycles. The zero-order valence-corrected chi connectivity index (χ0v) is 23.3. The molecule has 0 aromatic heterocycles. The summed E-state index contributed by atoms with van der Waals surface area (Å²) in [6.45, 7) is 18.4. The summed E-state index contributed by atoms with van der Waals surface area (Å²) in [5.41, 5.74) is -0.0460. The molecule has 0 aliphatic rings. The Hall–Kier alpha value is -0.820. The lowest BCUT2D eigenvalue weighted by Gasteiger charge is -2.20. The smallest absolute Gasteiger partial charge is 0.0657 e. The minimum Gasteiger partial charge on any atom is -0.378 e. The Morgan fingerprint density at radius 3 is 1.75 bits per heavy atom. The first-order valence-electron chi connectivity index (χ1n) is 13.6. The van der Waals surface area contributed by atoms with Crippen LogP contribution in [0.4, 0.5) is 0 Å². The summed E-state index contributed by atoms with van der Waals surface area (Å²) in [5.74, 6) is 3.76. The van der Waals surface area contributed by atoms with Crippen LogP contribution in [0, 0.1) is 29.6 Å². The normalized spacial score (nSPS) is 17.1. The minimum atomic E-state index is -0.0460. The van der Waals surface area contributed by atoms with Gasteiger partial charge in [-0.05, 0) is 75.5 Å². The van der Waals surface area contributed by atoms with Crippen LogP contribution in [0.25, 0.3) is 0 Å². The molecule has 4 atom stereocenters. The average Bonchev–Trinajstić information content (AvgIpc) is 2.71. The van der Waals surface area contributed by atoms with Gasteiger partial charge in [-0.3, -0.25) is 0 Å². The molecule has 1 nitrogen and oxygen atoms in total. The summed E-state index contributed by atoms with van der Waals surface area (Å²) in [4.78, 5) is 0. The Morgan fingerprint density at radius 1 is 0.625 bits per heavy atom. The lowest BCUT2D eigenvalue weighted by molar-refractivity contribution is 0.0254. The molecule has 0 aromatic rings. The van der Waals surface area contributed by atoms with Crippen LogP contribution < -0.4 is 0 Å². The summed E-state index contributed by atoms with van der Waals surface area (Å²) in [5, 5.41) is 0. The van der Waals surface area contributed by atoms with E-state index in [1.165, 1.54) is 57.8 Å². The third kappa shape index (κ3) is 19.8. The molecule has 0 aliphatic heterocycles. The van der Waals surface area contributed by atoms with Gasteiger partial charge in [0.2, 0.25) is 0 Å². The Morgan fingerprint density at radius 2 is 1.16 bits per heavy atom. The molecule has 0 rings (SSSR count). The molecule has 32 heavy (non-hydrogen) atoms. The number of rotatable bonds is 19. The SMILES string of the molecule is COC(C)(C)C/C=C/[C@H](C)CCC[C@@H](C)C/C=C/[C@@H](C)C/C=C/C[C@H](C)CCCC(C)C. The summed E-state index contributed by atoms with van der Waals surface area (Å²) >= 11 is 0. The summed E-state index contributed by atoms with van der Waals surface area (Å²) in [6, 6.07) is 0. The van der Waals surface area contributed by atoms with Gasteiger partial charge in [-0.15, -0.1) is 0 Å². The van der Waals surface area contributed by atoms with Crippen LogP contribution in [-0.2, 0) is 4.74 Å². The second kappa shape index (κ2) is 18.6. The monoisotopic (exact) mass is 446 g/mol. The van der Waals surface area contributed by atoms with Crippen molar-refractivity contribution in [2.75, 3.05) is 7.11 Å². The van der Waals surface area contributed by atoms with Gasteiger partial charge in [0.15, 0.2) is 0 Å². The molecule has 0 N–H and O–H groups in total. The van der Waals surface area contributed by atoms with Crippen molar-refractivity contribution in [2.24, 2.45) is 29.6 Å². The van der Waals surface area contributed by atoms with Crippen molar-refractivity contribution < 1.29 is 4.74 Å². The van der Waals surface area contributed by atoms with Gasteiger partial charge in [-0.25, -0.2) is 0 Å². The molecular formula is C31H58O. The molecule has 188 valence electrons. The van der Waals surface area contributed by atoms with Gasteiger partial charge < -0.3 is 4.74 Å². The van der Waals surface area contributed by atoms with Crippen LogP contribution in [0.15, 0.2) is 36.5 Å². The number of hydrogen-bond donors (Lipinski definition) is 0. The van der Waals surface area contributed by atoms with E-state index in [0.29, 0.717) is 11.8 Å². The molecule has 0 bridgehead atoms. The highest BCUT2D eigenvalue weighted by Crippen LogP contribution is 2.20. The zero-order valence-electron chi connectivity index (χ0n) is 23.3. The first-order valence-corrected chi connectivity index (χ1v) is 13.6. The van der Waals surface area contributed by atoms with Gasteiger partial charge in [0.05, 0.1) is 5.60 Å². The zero-order chi connectivity index (χ0) is 24.4. The number of hydrogen-bond acceptors (Lipinski definition) is 1. The highest BCUT2D eigenvalue weighted by atomic mass is 16.5. The van der Waals surface area contributed by atoms with Crippen LogP contribution in [0.1, 0.15) is 120 Å². The maximum absolute atomic E-state index is 5.48. The highest BCUT2D eigenvalue weighted by Gasteiger charge is 2.13. The molecule has 0 heterocycles. The van der Waals surface area contributed by atoms with E-state index in [9.17, 15) is 0 Å². The average molecular weight is 447 g/mol. The Kier molecular flexibility index (Phi) is 18.1. The largest absolute Gasteiger partial charge is 0.378 e. The van der Waals surface area contributed by atoms with E-state index in [1.54, 1.807) is 7.11 Å². The molecular weight excluding hydrogens is 388 g/mol. The maximum Gasteiger partial charge on any atom is 0.0657 e. The highest BCUT2D eigenvalue weighted by molar-refractivity contribution is 4.94. The molecule has 0 saturated carbocycles. The van der Waals surface area contributed by atoms with Crippen molar-refractivity contribution in [3.8, 4) is 0 Å². The third-order valence-corrected chi connectivity index (χ3v) is 6.68. The van der Waals surface area contributed by atoms with Gasteiger partial charge >= 0.3 is 0 Å². The van der Waals surface area contributed by atoms with Crippen molar-refractivity contribution in [2.45, 2.75) is 125 Å². The molecule has 0 unspecified atom stereocenters. The Labute approximate surface area is 203 Å². The van der Waals surface area contributed by atoms with Crippen molar-refractivity contribution >= 4 is 0 Å². The van der Waals surface area contributed by atoms with E-state index in [1.807, 2.05) is 0 Å². The van der Waals surface area contributed by atoms with Gasteiger partial charge in [0, 0.05) is 7.11 Å². The summed E-state index contributed by atoms with van der Waals surface area (Å²) < 4.78 is 5.48. The Balaban J connectivity index is 3.90. The van der Waals surface area contributed by atoms with E-state index in [0.717, 1.165) is 24.2 Å². The minimum absolute atomic E-state index is 0.0460. The second-order valence-corrected chi connectivity index (χ2v) is 11.6. The van der Waals surface area contributed by atoms with E-state index in [-0.39, 0.29) is 5.60 Å². The van der Waals surface area contributed by atoms with E-state index in [4.69, 9.17) is 4.74 Å². The fourth-order valence-electron chi connectivity index (χ4n) is 3.92. The van der Waals surface area contributed by atoms with E-state index in [2.05, 4.69) is 91.8 Å². The van der Waals surface area contributed by atoms with Crippen molar-refractivity contribution in [3.05, 3.63) is 36.5 Å². The predicted octanol–water partition coefficient (Wildman–Crippen LogP) is 10.2. The molecule has 0 fully saturated rings. The molecule has 0 saturated heterocycles. The van der Waals surface area contributed by atoms with Crippen LogP contribution in [-0.4, -0.2) is 12.7 Å². The lowest BCUT2D eigenvalue weighted by atomic mass is 9.94. The van der Waals surface area contributed by atoms with Gasteiger partial charge in [0.1, 0.15) is 0 Å². The topological polar surface area (TPSA) is 9.23 Å². The summed E-state index contributed by atoms with van der Waals surface area (Å²) in [6.07, 6.45) is 27.0. The van der Waals surface area contributed by atoms with Crippen molar-refractivity contribution in [3.63, 3.8) is 0 Å². The fourth-order valence-corrected chi connectivity index (χ4v) is 3.92. The van der Waals surface area contributed by atoms with Crippen molar-refractivity contribution in [1.82, 2.24) is 0 Å². The first-order chi connectivity index (χ1) is 15.1. The van der Waals surface area contributed by atoms with Crippen LogP contribution >= 0.6 is 0 Å².